The number of aryl methyl sites for hydroxylation is 1. The molecule has 0 atom stereocenters. The summed E-state index contributed by atoms with van der Waals surface area (Å²) in [4.78, 5) is 7.71. The minimum absolute atomic E-state index is 0.450. The third kappa shape index (κ3) is 1.81. The lowest BCUT2D eigenvalue weighted by Gasteiger charge is -2.06. The van der Waals surface area contributed by atoms with Gasteiger partial charge in [0.2, 0.25) is 0 Å². The molecule has 2 aromatic rings. The molecule has 0 aliphatic heterocycles. The molecular formula is C13H17N3. The molecule has 0 saturated heterocycles. The van der Waals surface area contributed by atoms with Gasteiger partial charge in [0.05, 0.1) is 0 Å². The number of nitrogens with zero attached hydrogens (tertiary/aromatic N) is 1. The third-order valence-corrected chi connectivity index (χ3v) is 2.76. The quantitative estimate of drug-likeness (QED) is 0.756. The van der Waals surface area contributed by atoms with Crippen molar-refractivity contribution in [1.82, 2.24) is 9.97 Å². The maximum absolute atomic E-state index is 5.98. The van der Waals surface area contributed by atoms with E-state index in [0.29, 0.717) is 5.92 Å². The fourth-order valence-corrected chi connectivity index (χ4v) is 1.77. The highest BCUT2D eigenvalue weighted by Crippen LogP contribution is 2.27. The summed E-state index contributed by atoms with van der Waals surface area (Å²) in [5, 5.41) is 0. The second kappa shape index (κ2) is 4.00. The Morgan fingerprint density at radius 2 is 2.06 bits per heavy atom. The smallest absolute Gasteiger partial charge is 0.139 e. The predicted octanol–water partition coefficient (Wildman–Crippen LogP) is 3.09. The highest BCUT2D eigenvalue weighted by molar-refractivity contribution is 5.74. The summed E-state index contributed by atoms with van der Waals surface area (Å²) in [7, 11) is 0. The van der Waals surface area contributed by atoms with Crippen molar-refractivity contribution >= 4 is 5.69 Å². The van der Waals surface area contributed by atoms with Crippen molar-refractivity contribution in [2.24, 2.45) is 0 Å². The van der Waals surface area contributed by atoms with Crippen molar-refractivity contribution < 1.29 is 0 Å². The van der Waals surface area contributed by atoms with Crippen molar-refractivity contribution in [1.29, 1.82) is 0 Å². The Kier molecular flexibility index (Phi) is 2.69. The van der Waals surface area contributed by atoms with Crippen LogP contribution in [0.4, 0.5) is 5.69 Å². The van der Waals surface area contributed by atoms with E-state index in [1.807, 2.05) is 31.3 Å². The van der Waals surface area contributed by atoms with Crippen LogP contribution in [-0.2, 0) is 0 Å². The molecule has 2 rings (SSSR count). The summed E-state index contributed by atoms with van der Waals surface area (Å²) in [6.07, 6.45) is 1.88. The first-order valence-electron chi connectivity index (χ1n) is 5.50. The van der Waals surface area contributed by atoms with E-state index in [9.17, 15) is 0 Å². The first-order chi connectivity index (χ1) is 7.59. The summed E-state index contributed by atoms with van der Waals surface area (Å²) in [6, 6.07) is 5.91. The predicted molar refractivity (Wildman–Crippen MR) is 67.3 cm³/mol. The zero-order chi connectivity index (χ0) is 11.7. The molecule has 3 nitrogen and oxygen atoms in total. The number of H-pyrrole nitrogens is 1. The molecule has 1 aromatic heterocycles. The van der Waals surface area contributed by atoms with Crippen molar-refractivity contribution in [2.45, 2.75) is 26.7 Å². The summed E-state index contributed by atoms with van der Waals surface area (Å²) < 4.78 is 0. The monoisotopic (exact) mass is 215 g/mol. The molecule has 0 radical (unpaired) electrons. The Hall–Kier alpha value is -1.77. The summed E-state index contributed by atoms with van der Waals surface area (Å²) in [5.41, 5.74) is 10.0. The molecule has 0 aliphatic carbocycles. The van der Waals surface area contributed by atoms with Gasteiger partial charge >= 0.3 is 0 Å². The highest BCUT2D eigenvalue weighted by Gasteiger charge is 2.10. The molecule has 3 heteroatoms. The van der Waals surface area contributed by atoms with Gasteiger partial charge < -0.3 is 10.7 Å². The molecule has 1 aromatic carbocycles. The molecule has 3 N–H and O–H groups in total. The van der Waals surface area contributed by atoms with E-state index in [0.717, 1.165) is 28.3 Å². The number of aromatic amines is 1. The van der Waals surface area contributed by atoms with Gasteiger partial charge in [-0.05, 0) is 24.5 Å². The number of aromatic nitrogens is 2. The number of nitrogens with two attached hydrogens (primary N) is 1. The molecule has 0 fully saturated rings. The summed E-state index contributed by atoms with van der Waals surface area (Å²) in [5.74, 6) is 1.31. The van der Waals surface area contributed by atoms with Crippen molar-refractivity contribution in [2.75, 3.05) is 5.73 Å². The molecule has 1 heterocycles. The van der Waals surface area contributed by atoms with Gasteiger partial charge in [-0.25, -0.2) is 4.98 Å². The van der Waals surface area contributed by atoms with Gasteiger partial charge in [-0.2, -0.15) is 0 Å². The lowest BCUT2D eigenvalue weighted by atomic mass is 10.1. The first-order valence-corrected chi connectivity index (χ1v) is 5.50. The standard InChI is InChI=1S/C13H17N3/c1-8(2)11-7-15-13(16-11)12-9(3)5-4-6-10(12)14/h4-8H,14H2,1-3H3,(H,15,16). The number of imidazole rings is 1. The first kappa shape index (κ1) is 10.7. The molecule has 0 spiro atoms. The second-order valence-corrected chi connectivity index (χ2v) is 4.38. The molecule has 0 amide bonds. The Labute approximate surface area is 95.7 Å². The van der Waals surface area contributed by atoms with Crippen LogP contribution in [-0.4, -0.2) is 9.97 Å². The molecule has 0 aliphatic rings. The van der Waals surface area contributed by atoms with Gasteiger partial charge in [0.25, 0.3) is 0 Å². The number of benzene rings is 1. The SMILES string of the molecule is Cc1cccc(N)c1-c1ncc(C(C)C)[nH]1. The normalized spacial score (nSPS) is 11.0. The summed E-state index contributed by atoms with van der Waals surface area (Å²) in [6.45, 7) is 6.32. The van der Waals surface area contributed by atoms with E-state index in [4.69, 9.17) is 5.73 Å². The molecule has 84 valence electrons. The molecular weight excluding hydrogens is 198 g/mol. The largest absolute Gasteiger partial charge is 0.398 e. The number of nitrogens with one attached hydrogen (secondary N) is 1. The van der Waals surface area contributed by atoms with E-state index < -0.39 is 0 Å². The Bertz CT molecular complexity index is 477. The Balaban J connectivity index is 2.50. The van der Waals surface area contributed by atoms with E-state index in [-0.39, 0.29) is 0 Å². The van der Waals surface area contributed by atoms with E-state index >= 15 is 0 Å². The van der Waals surface area contributed by atoms with Crippen molar-refractivity contribution in [3.05, 3.63) is 35.7 Å². The van der Waals surface area contributed by atoms with Gasteiger partial charge in [-0.1, -0.05) is 26.0 Å². The van der Waals surface area contributed by atoms with Crippen LogP contribution < -0.4 is 5.73 Å². The number of hydrogen-bond donors (Lipinski definition) is 2. The molecule has 0 saturated carbocycles. The van der Waals surface area contributed by atoms with Crippen LogP contribution in [0.5, 0.6) is 0 Å². The lowest BCUT2D eigenvalue weighted by molar-refractivity contribution is 0.833. The zero-order valence-corrected chi connectivity index (χ0v) is 9.91. The highest BCUT2D eigenvalue weighted by atomic mass is 14.9. The van der Waals surface area contributed by atoms with Crippen LogP contribution in [0, 0.1) is 6.92 Å². The minimum Gasteiger partial charge on any atom is -0.398 e. The Morgan fingerprint density at radius 3 is 2.62 bits per heavy atom. The van der Waals surface area contributed by atoms with Crippen molar-refractivity contribution in [3.8, 4) is 11.4 Å². The van der Waals surface area contributed by atoms with Crippen LogP contribution in [0.25, 0.3) is 11.4 Å². The second-order valence-electron chi connectivity index (χ2n) is 4.38. The van der Waals surface area contributed by atoms with Crippen LogP contribution in [0.15, 0.2) is 24.4 Å². The molecule has 0 bridgehead atoms. The number of anilines is 1. The fourth-order valence-electron chi connectivity index (χ4n) is 1.77. The average molecular weight is 215 g/mol. The minimum atomic E-state index is 0.450. The lowest BCUT2D eigenvalue weighted by Crippen LogP contribution is -1.94. The van der Waals surface area contributed by atoms with Crippen LogP contribution in [0.2, 0.25) is 0 Å². The average Bonchev–Trinajstić information content (AvgIpc) is 2.66. The van der Waals surface area contributed by atoms with Crippen LogP contribution in [0.1, 0.15) is 31.0 Å². The van der Waals surface area contributed by atoms with Gasteiger partial charge in [0, 0.05) is 23.1 Å². The van der Waals surface area contributed by atoms with Gasteiger partial charge in [-0.15, -0.1) is 0 Å². The van der Waals surface area contributed by atoms with Crippen LogP contribution in [0.3, 0.4) is 0 Å². The number of hydrogen-bond acceptors (Lipinski definition) is 2. The topological polar surface area (TPSA) is 54.7 Å². The maximum Gasteiger partial charge on any atom is 0.139 e. The van der Waals surface area contributed by atoms with Crippen molar-refractivity contribution in [3.63, 3.8) is 0 Å². The fraction of sp³-hybridized carbons (Fsp3) is 0.308. The Morgan fingerprint density at radius 1 is 1.31 bits per heavy atom. The van der Waals surface area contributed by atoms with E-state index in [1.54, 1.807) is 0 Å². The summed E-state index contributed by atoms with van der Waals surface area (Å²) >= 11 is 0. The number of nitrogen functional groups attached to an aromatic ring is 1. The maximum atomic E-state index is 5.98. The number of rotatable bonds is 2. The van der Waals surface area contributed by atoms with E-state index in [2.05, 4.69) is 23.8 Å². The van der Waals surface area contributed by atoms with Gasteiger partial charge in [0.15, 0.2) is 0 Å². The zero-order valence-electron chi connectivity index (χ0n) is 9.91. The molecule has 0 unspecified atom stereocenters. The van der Waals surface area contributed by atoms with Gasteiger partial charge in [0.1, 0.15) is 5.82 Å². The van der Waals surface area contributed by atoms with Crippen LogP contribution >= 0.6 is 0 Å². The van der Waals surface area contributed by atoms with E-state index in [1.165, 1.54) is 0 Å². The third-order valence-electron chi connectivity index (χ3n) is 2.76. The van der Waals surface area contributed by atoms with Gasteiger partial charge in [-0.3, -0.25) is 0 Å². The molecule has 16 heavy (non-hydrogen) atoms.